The average molecular weight is 449 g/mol. The van der Waals surface area contributed by atoms with Crippen LogP contribution >= 0.6 is 0 Å². The number of nitrogens with zero attached hydrogens (tertiary/aromatic N) is 5. The van der Waals surface area contributed by atoms with Gasteiger partial charge in [0.25, 0.3) is 5.91 Å². The molecule has 0 radical (unpaired) electrons. The van der Waals surface area contributed by atoms with Gasteiger partial charge in [0, 0.05) is 37.7 Å². The lowest BCUT2D eigenvalue weighted by molar-refractivity contribution is -0.116. The third-order valence-electron chi connectivity index (χ3n) is 5.56. The number of hydrogen-bond acceptors (Lipinski definition) is 6. The monoisotopic (exact) mass is 448 g/mol. The van der Waals surface area contributed by atoms with Crippen molar-refractivity contribution in [2.75, 3.05) is 50.1 Å². The number of ether oxygens (including phenoxy) is 1. The van der Waals surface area contributed by atoms with E-state index in [0.717, 1.165) is 37.7 Å². The molecular formula is C24H28N6O3. The van der Waals surface area contributed by atoms with Gasteiger partial charge in [0.1, 0.15) is 0 Å². The molecule has 9 heteroatoms. The first kappa shape index (κ1) is 22.5. The molecule has 3 heterocycles. The number of hydrogen-bond donors (Lipinski definition) is 1. The lowest BCUT2D eigenvalue weighted by atomic mass is 10.2. The number of aromatic nitrogens is 3. The molecule has 0 saturated carbocycles. The third-order valence-corrected chi connectivity index (χ3v) is 5.56. The molecule has 1 aromatic carbocycles. The van der Waals surface area contributed by atoms with E-state index >= 15 is 0 Å². The van der Waals surface area contributed by atoms with Crippen LogP contribution in [0.25, 0.3) is 5.82 Å². The molecular weight excluding hydrogens is 420 g/mol. The smallest absolute Gasteiger partial charge is 0.257 e. The maximum Gasteiger partial charge on any atom is 0.257 e. The molecule has 0 bridgehead atoms. The minimum absolute atomic E-state index is 0.0675. The normalized spacial score (nSPS) is 13.6. The van der Waals surface area contributed by atoms with Crippen molar-refractivity contribution in [1.29, 1.82) is 0 Å². The largest absolute Gasteiger partial charge is 0.378 e. The lowest BCUT2D eigenvalue weighted by Gasteiger charge is -2.28. The van der Waals surface area contributed by atoms with Crippen molar-refractivity contribution in [2.24, 2.45) is 0 Å². The summed E-state index contributed by atoms with van der Waals surface area (Å²) in [6, 6.07) is 13.2. The number of anilines is 2. The zero-order valence-electron chi connectivity index (χ0n) is 18.9. The molecule has 0 aliphatic carbocycles. The average Bonchev–Trinajstić information content (AvgIpc) is 3.29. The fraction of sp³-hybridized carbons (Fsp3) is 0.333. The molecule has 33 heavy (non-hydrogen) atoms. The molecule has 2 aromatic heterocycles. The van der Waals surface area contributed by atoms with Crippen LogP contribution in [0.4, 0.5) is 11.4 Å². The third kappa shape index (κ3) is 5.20. The number of rotatable bonds is 7. The Bertz CT molecular complexity index is 1090. The van der Waals surface area contributed by atoms with Gasteiger partial charge in [-0.05, 0) is 42.8 Å². The van der Waals surface area contributed by atoms with Crippen LogP contribution in [-0.4, -0.2) is 71.4 Å². The molecule has 2 amide bonds. The van der Waals surface area contributed by atoms with Crippen LogP contribution in [0.3, 0.4) is 0 Å². The van der Waals surface area contributed by atoms with E-state index in [4.69, 9.17) is 4.74 Å². The van der Waals surface area contributed by atoms with Gasteiger partial charge in [-0.2, -0.15) is 5.10 Å². The first-order valence-electron chi connectivity index (χ1n) is 11.0. The highest BCUT2D eigenvalue weighted by Crippen LogP contribution is 2.19. The predicted octanol–water partition coefficient (Wildman–Crippen LogP) is 2.38. The topological polar surface area (TPSA) is 92.6 Å². The molecule has 1 aliphatic heterocycles. The minimum atomic E-state index is -0.264. The molecule has 0 spiro atoms. The van der Waals surface area contributed by atoms with E-state index in [1.54, 1.807) is 17.9 Å². The summed E-state index contributed by atoms with van der Waals surface area (Å²) in [6.45, 7) is 5.05. The van der Waals surface area contributed by atoms with Crippen LogP contribution in [-0.2, 0) is 16.0 Å². The Morgan fingerprint density at radius 2 is 1.88 bits per heavy atom. The molecule has 1 aliphatic rings. The van der Waals surface area contributed by atoms with Gasteiger partial charge in [-0.25, -0.2) is 9.67 Å². The van der Waals surface area contributed by atoms with Gasteiger partial charge < -0.3 is 19.9 Å². The van der Waals surface area contributed by atoms with Gasteiger partial charge >= 0.3 is 0 Å². The molecule has 1 fully saturated rings. The van der Waals surface area contributed by atoms with E-state index in [-0.39, 0.29) is 18.4 Å². The Balaban J connectivity index is 1.38. The van der Waals surface area contributed by atoms with Crippen molar-refractivity contribution in [3.05, 3.63) is 66.1 Å². The first-order valence-corrected chi connectivity index (χ1v) is 11.0. The zero-order chi connectivity index (χ0) is 23.2. The maximum atomic E-state index is 13.0. The van der Waals surface area contributed by atoms with Crippen LogP contribution in [0, 0.1) is 0 Å². The summed E-state index contributed by atoms with van der Waals surface area (Å²) < 4.78 is 7.05. The number of carbonyl (C=O) groups is 2. The fourth-order valence-corrected chi connectivity index (χ4v) is 3.84. The fourth-order valence-electron chi connectivity index (χ4n) is 3.84. The van der Waals surface area contributed by atoms with Gasteiger partial charge in [0.2, 0.25) is 5.91 Å². The Hall–Kier alpha value is -3.72. The minimum Gasteiger partial charge on any atom is -0.378 e. The molecule has 1 saturated heterocycles. The summed E-state index contributed by atoms with van der Waals surface area (Å²) in [6.07, 6.45) is 3.82. The van der Waals surface area contributed by atoms with Crippen LogP contribution in [0.15, 0.2) is 54.9 Å². The van der Waals surface area contributed by atoms with Crippen LogP contribution in [0.5, 0.6) is 0 Å². The van der Waals surface area contributed by atoms with Crippen LogP contribution in [0.1, 0.15) is 23.0 Å². The van der Waals surface area contributed by atoms with Crippen LogP contribution < -0.4 is 10.2 Å². The van der Waals surface area contributed by atoms with E-state index in [0.29, 0.717) is 23.5 Å². The highest BCUT2D eigenvalue weighted by Gasteiger charge is 2.22. The Morgan fingerprint density at radius 3 is 2.55 bits per heavy atom. The molecule has 1 N–H and O–H groups in total. The SMILES string of the molecule is CCc1c(C(=O)N(C)CC(=O)Nc2ccc(N3CCOCC3)cc2)cnn1-c1ccccn1. The van der Waals surface area contributed by atoms with Crippen molar-refractivity contribution in [2.45, 2.75) is 13.3 Å². The van der Waals surface area contributed by atoms with Crippen molar-refractivity contribution in [3.63, 3.8) is 0 Å². The summed E-state index contributed by atoms with van der Waals surface area (Å²) in [5.41, 5.74) is 3.01. The van der Waals surface area contributed by atoms with E-state index in [9.17, 15) is 9.59 Å². The van der Waals surface area contributed by atoms with Gasteiger partial charge in [0.15, 0.2) is 5.82 Å². The molecule has 3 aromatic rings. The summed E-state index contributed by atoms with van der Waals surface area (Å²) in [4.78, 5) is 33.6. The number of benzene rings is 1. The number of nitrogens with one attached hydrogen (secondary N) is 1. The Labute approximate surface area is 193 Å². The predicted molar refractivity (Wildman–Crippen MR) is 126 cm³/mol. The molecule has 172 valence electrons. The van der Waals surface area contributed by atoms with Crippen molar-refractivity contribution >= 4 is 23.2 Å². The first-order chi connectivity index (χ1) is 16.1. The quantitative estimate of drug-likeness (QED) is 0.597. The summed E-state index contributed by atoms with van der Waals surface area (Å²) in [7, 11) is 1.61. The second-order valence-corrected chi connectivity index (χ2v) is 7.81. The van der Waals surface area contributed by atoms with Crippen molar-refractivity contribution in [3.8, 4) is 5.82 Å². The van der Waals surface area contributed by atoms with Gasteiger partial charge in [-0.3, -0.25) is 9.59 Å². The highest BCUT2D eigenvalue weighted by atomic mass is 16.5. The number of likely N-dealkylation sites (N-methyl/N-ethyl adjacent to an activating group) is 1. The lowest BCUT2D eigenvalue weighted by Crippen LogP contribution is -2.36. The number of carbonyl (C=O) groups excluding carboxylic acids is 2. The van der Waals surface area contributed by atoms with E-state index in [1.807, 2.05) is 49.4 Å². The van der Waals surface area contributed by atoms with Gasteiger partial charge in [0.05, 0.1) is 37.2 Å². The Morgan fingerprint density at radius 1 is 1.12 bits per heavy atom. The molecule has 9 nitrogen and oxygen atoms in total. The summed E-state index contributed by atoms with van der Waals surface area (Å²) in [5, 5.41) is 7.21. The van der Waals surface area contributed by atoms with Crippen molar-refractivity contribution < 1.29 is 14.3 Å². The summed E-state index contributed by atoms with van der Waals surface area (Å²) in [5.74, 6) is 0.126. The number of morpholine rings is 1. The highest BCUT2D eigenvalue weighted by molar-refractivity contribution is 5.99. The van der Waals surface area contributed by atoms with Gasteiger partial charge in [-0.1, -0.05) is 13.0 Å². The van der Waals surface area contributed by atoms with E-state index in [1.165, 1.54) is 11.1 Å². The number of pyridine rings is 1. The van der Waals surface area contributed by atoms with E-state index < -0.39 is 0 Å². The zero-order valence-corrected chi connectivity index (χ0v) is 18.9. The van der Waals surface area contributed by atoms with Crippen molar-refractivity contribution in [1.82, 2.24) is 19.7 Å². The Kier molecular flexibility index (Phi) is 6.99. The number of amides is 2. The van der Waals surface area contributed by atoms with Crippen LogP contribution in [0.2, 0.25) is 0 Å². The summed E-state index contributed by atoms with van der Waals surface area (Å²) >= 11 is 0. The second-order valence-electron chi connectivity index (χ2n) is 7.81. The molecule has 4 rings (SSSR count). The van der Waals surface area contributed by atoms with E-state index in [2.05, 4.69) is 20.3 Å². The molecule has 0 atom stereocenters. The van der Waals surface area contributed by atoms with Gasteiger partial charge in [-0.15, -0.1) is 0 Å². The molecule has 0 unspecified atom stereocenters. The second kappa shape index (κ2) is 10.3. The maximum absolute atomic E-state index is 13.0. The standard InChI is InChI=1S/C24H28N6O3/c1-3-21-20(16-26-30(21)22-6-4-5-11-25-22)24(32)28(2)17-23(31)27-18-7-9-19(10-8-18)29-12-14-33-15-13-29/h4-11,16H,3,12-15,17H2,1-2H3,(H,27,31).